The molecule has 1 aromatic heterocycles. The average Bonchev–Trinajstić information content (AvgIpc) is 2.15. The van der Waals surface area contributed by atoms with Crippen LogP contribution in [0, 0.1) is 6.92 Å². The number of aryl methyl sites for hydroxylation is 1. The lowest BCUT2D eigenvalue weighted by Gasteiger charge is -2.17. The third-order valence-electron chi connectivity index (χ3n) is 2.25. The fraction of sp³-hybridized carbons (Fsp3) is 0.556. The van der Waals surface area contributed by atoms with Gasteiger partial charge in [-0.3, -0.25) is 0 Å². The number of hydrogen-bond donors (Lipinski definition) is 0. The van der Waals surface area contributed by atoms with Gasteiger partial charge in [-0.15, -0.1) is 0 Å². The maximum atomic E-state index is 11.5. The van der Waals surface area contributed by atoms with Gasteiger partial charge < -0.3 is 4.74 Å². The maximum Gasteiger partial charge on any atom is 0.193 e. The van der Waals surface area contributed by atoms with E-state index in [-0.39, 0.29) is 11.6 Å². The van der Waals surface area contributed by atoms with Crippen LogP contribution in [-0.2, 0) is 27.6 Å². The number of sulfone groups is 1. The maximum absolute atomic E-state index is 11.5. The number of aromatic nitrogens is 2. The molecule has 0 saturated carbocycles. The summed E-state index contributed by atoms with van der Waals surface area (Å²) >= 11 is 0. The van der Waals surface area contributed by atoms with E-state index in [4.69, 9.17) is 4.74 Å². The first kappa shape index (κ1) is 10.5. The van der Waals surface area contributed by atoms with Gasteiger partial charge in [0.15, 0.2) is 14.9 Å². The second-order valence-electron chi connectivity index (χ2n) is 3.58. The van der Waals surface area contributed by atoms with Gasteiger partial charge in [0.25, 0.3) is 0 Å². The van der Waals surface area contributed by atoms with Crippen LogP contribution in [0.25, 0.3) is 0 Å². The molecule has 2 rings (SSSR count). The third-order valence-corrected chi connectivity index (χ3v) is 3.29. The molecule has 5 nitrogen and oxygen atoms in total. The molecule has 0 saturated heterocycles. The summed E-state index contributed by atoms with van der Waals surface area (Å²) in [7, 11) is -3.30. The van der Waals surface area contributed by atoms with E-state index in [0.29, 0.717) is 24.4 Å². The van der Waals surface area contributed by atoms with Gasteiger partial charge in [0.05, 0.1) is 18.9 Å². The molecule has 0 N–H and O–H groups in total. The van der Waals surface area contributed by atoms with E-state index in [1.165, 1.54) is 0 Å². The van der Waals surface area contributed by atoms with Crippen LogP contribution in [0.1, 0.15) is 17.1 Å². The molecule has 1 aromatic rings. The van der Waals surface area contributed by atoms with Crippen LogP contribution in [-0.4, -0.2) is 31.2 Å². The molecule has 0 spiro atoms. The Morgan fingerprint density at radius 3 is 2.73 bits per heavy atom. The van der Waals surface area contributed by atoms with Crippen LogP contribution < -0.4 is 0 Å². The normalized spacial score (nSPS) is 16.1. The Kier molecular flexibility index (Phi) is 2.47. The second kappa shape index (κ2) is 3.53. The van der Waals surface area contributed by atoms with Crippen molar-refractivity contribution >= 4 is 9.84 Å². The Morgan fingerprint density at radius 2 is 2.07 bits per heavy atom. The van der Waals surface area contributed by atoms with E-state index in [9.17, 15) is 8.42 Å². The van der Waals surface area contributed by atoms with Gasteiger partial charge in [-0.2, -0.15) is 0 Å². The lowest BCUT2D eigenvalue weighted by Crippen LogP contribution is -2.18. The fourth-order valence-corrected chi connectivity index (χ4v) is 2.55. The molecule has 0 unspecified atom stereocenters. The van der Waals surface area contributed by atoms with E-state index in [1.807, 2.05) is 0 Å². The van der Waals surface area contributed by atoms with E-state index >= 15 is 0 Å². The second-order valence-corrected chi connectivity index (χ2v) is 5.51. The summed E-state index contributed by atoms with van der Waals surface area (Å²) in [6.45, 7) is 2.58. The van der Waals surface area contributed by atoms with Crippen molar-refractivity contribution in [3.05, 3.63) is 17.1 Å². The van der Waals surface area contributed by atoms with Crippen molar-refractivity contribution in [3.63, 3.8) is 0 Å². The number of fused-ring (bicyclic) bond motifs is 1. The highest BCUT2D eigenvalue weighted by molar-refractivity contribution is 7.90. The summed E-state index contributed by atoms with van der Waals surface area (Å²) in [5, 5.41) is 0.115. The summed E-state index contributed by atoms with van der Waals surface area (Å²) in [5.74, 6) is 0.496. The molecule has 0 fully saturated rings. The number of hydrogen-bond acceptors (Lipinski definition) is 5. The minimum Gasteiger partial charge on any atom is -0.376 e. The average molecular weight is 228 g/mol. The predicted octanol–water partition coefficient (Wildman–Crippen LogP) is 0.261. The number of nitrogens with zero attached hydrogens (tertiary/aromatic N) is 2. The molecule has 2 heterocycles. The molecule has 0 radical (unpaired) electrons. The van der Waals surface area contributed by atoms with Gasteiger partial charge in [0, 0.05) is 18.2 Å². The first-order valence-electron chi connectivity index (χ1n) is 4.62. The lowest BCUT2D eigenvalue weighted by molar-refractivity contribution is 0.106. The first-order valence-corrected chi connectivity index (χ1v) is 6.52. The molecule has 15 heavy (non-hydrogen) atoms. The standard InChI is InChI=1S/C9H12N2O3S/c1-6-10-8-3-4-14-5-7(8)9(11-6)15(2,12)13/h3-5H2,1-2H3. The zero-order valence-electron chi connectivity index (χ0n) is 8.65. The summed E-state index contributed by atoms with van der Waals surface area (Å²) in [6.07, 6.45) is 1.81. The monoisotopic (exact) mass is 228 g/mol. The van der Waals surface area contributed by atoms with Crippen molar-refractivity contribution in [3.8, 4) is 0 Å². The number of rotatable bonds is 1. The Balaban J connectivity index is 2.68. The van der Waals surface area contributed by atoms with Crippen molar-refractivity contribution in [2.24, 2.45) is 0 Å². The SMILES string of the molecule is Cc1nc2c(c(S(C)(=O)=O)n1)COCC2. The molecular weight excluding hydrogens is 216 g/mol. The zero-order chi connectivity index (χ0) is 11.1. The Morgan fingerprint density at radius 1 is 1.33 bits per heavy atom. The van der Waals surface area contributed by atoms with E-state index in [2.05, 4.69) is 9.97 Å². The topological polar surface area (TPSA) is 69.2 Å². The fourth-order valence-electron chi connectivity index (χ4n) is 1.63. The smallest absolute Gasteiger partial charge is 0.193 e. The Labute approximate surface area is 88.4 Å². The van der Waals surface area contributed by atoms with Crippen LogP contribution in [0.15, 0.2) is 5.03 Å². The van der Waals surface area contributed by atoms with Crippen LogP contribution in [0.4, 0.5) is 0 Å². The molecule has 0 aromatic carbocycles. The van der Waals surface area contributed by atoms with Gasteiger partial charge in [-0.25, -0.2) is 18.4 Å². The lowest BCUT2D eigenvalue weighted by atomic mass is 10.1. The minimum atomic E-state index is -3.30. The summed E-state index contributed by atoms with van der Waals surface area (Å²) in [5.41, 5.74) is 1.42. The van der Waals surface area contributed by atoms with Crippen LogP contribution in [0.5, 0.6) is 0 Å². The van der Waals surface area contributed by atoms with Crippen molar-refractivity contribution in [1.82, 2.24) is 9.97 Å². The molecule has 6 heteroatoms. The summed E-state index contributed by atoms with van der Waals surface area (Å²) in [4.78, 5) is 8.21. The molecule has 82 valence electrons. The summed E-state index contributed by atoms with van der Waals surface area (Å²) in [6, 6.07) is 0. The van der Waals surface area contributed by atoms with Crippen molar-refractivity contribution in [2.75, 3.05) is 12.9 Å². The van der Waals surface area contributed by atoms with Gasteiger partial charge in [-0.1, -0.05) is 0 Å². The first-order chi connectivity index (χ1) is 6.98. The zero-order valence-corrected chi connectivity index (χ0v) is 9.47. The van der Waals surface area contributed by atoms with Gasteiger partial charge in [-0.05, 0) is 6.92 Å². The Bertz CT molecular complexity index is 496. The van der Waals surface area contributed by atoms with E-state index in [1.54, 1.807) is 6.92 Å². The molecule has 0 bridgehead atoms. The van der Waals surface area contributed by atoms with Gasteiger partial charge in [0.1, 0.15) is 5.82 Å². The van der Waals surface area contributed by atoms with E-state index in [0.717, 1.165) is 11.9 Å². The minimum absolute atomic E-state index is 0.115. The molecule has 1 aliphatic heterocycles. The highest BCUT2D eigenvalue weighted by Crippen LogP contribution is 2.21. The molecule has 1 aliphatic rings. The van der Waals surface area contributed by atoms with Gasteiger partial charge >= 0.3 is 0 Å². The third kappa shape index (κ3) is 2.00. The van der Waals surface area contributed by atoms with Crippen LogP contribution in [0.2, 0.25) is 0 Å². The predicted molar refractivity (Wildman–Crippen MR) is 53.2 cm³/mol. The highest BCUT2D eigenvalue weighted by Gasteiger charge is 2.22. The van der Waals surface area contributed by atoms with Gasteiger partial charge in [0.2, 0.25) is 0 Å². The largest absolute Gasteiger partial charge is 0.376 e. The molecule has 0 aliphatic carbocycles. The Hall–Kier alpha value is -1.01. The van der Waals surface area contributed by atoms with Crippen molar-refractivity contribution in [2.45, 2.75) is 25.0 Å². The number of ether oxygens (including phenoxy) is 1. The summed E-state index contributed by atoms with van der Waals surface area (Å²) < 4.78 is 28.2. The molecule has 0 amide bonds. The molecular formula is C9H12N2O3S. The van der Waals surface area contributed by atoms with Crippen LogP contribution >= 0.6 is 0 Å². The van der Waals surface area contributed by atoms with Crippen molar-refractivity contribution in [1.29, 1.82) is 0 Å². The van der Waals surface area contributed by atoms with E-state index < -0.39 is 9.84 Å². The molecule has 0 atom stereocenters. The quantitative estimate of drug-likeness (QED) is 0.645. The highest BCUT2D eigenvalue weighted by atomic mass is 32.2. The van der Waals surface area contributed by atoms with Crippen LogP contribution in [0.3, 0.4) is 0 Å². The van der Waals surface area contributed by atoms with Crippen molar-refractivity contribution < 1.29 is 13.2 Å².